The molecular weight excluding hydrogens is 441 g/mol. The van der Waals surface area contributed by atoms with Crippen molar-refractivity contribution >= 4 is 23.6 Å². The van der Waals surface area contributed by atoms with Gasteiger partial charge in [0.15, 0.2) is 0 Å². The number of amides is 1. The molecule has 7 heteroatoms. The van der Waals surface area contributed by atoms with Gasteiger partial charge < -0.3 is 14.6 Å². The second-order valence-electron chi connectivity index (χ2n) is 8.31. The molecule has 3 aromatic rings. The fourth-order valence-electron chi connectivity index (χ4n) is 4.23. The van der Waals surface area contributed by atoms with Crippen LogP contribution in [-0.4, -0.2) is 34.5 Å². The van der Waals surface area contributed by atoms with E-state index < -0.39 is 0 Å². The highest BCUT2D eigenvalue weighted by molar-refractivity contribution is 6.17. The Labute approximate surface area is 198 Å². The number of ether oxygens (including phenoxy) is 1. The van der Waals surface area contributed by atoms with E-state index in [-0.39, 0.29) is 17.8 Å². The highest BCUT2D eigenvalue weighted by Gasteiger charge is 2.24. The summed E-state index contributed by atoms with van der Waals surface area (Å²) in [5, 5.41) is 3.13. The van der Waals surface area contributed by atoms with Crippen LogP contribution in [0, 0.1) is 12.7 Å². The van der Waals surface area contributed by atoms with E-state index in [9.17, 15) is 9.18 Å². The zero-order chi connectivity index (χ0) is 23.4. The third-order valence-corrected chi connectivity index (χ3v) is 6.11. The van der Waals surface area contributed by atoms with Crippen molar-refractivity contribution in [3.05, 3.63) is 82.7 Å². The van der Waals surface area contributed by atoms with E-state index in [0.717, 1.165) is 28.1 Å². The average Bonchev–Trinajstić information content (AvgIpc) is 3.41. The van der Waals surface area contributed by atoms with Crippen LogP contribution in [0.1, 0.15) is 35.2 Å². The van der Waals surface area contributed by atoms with Gasteiger partial charge in [-0.2, -0.15) is 0 Å². The molecule has 0 spiro atoms. The third kappa shape index (κ3) is 5.45. The molecule has 0 bridgehead atoms. The number of imidazole rings is 1. The first-order valence-electron chi connectivity index (χ1n) is 11.0. The molecular formula is C26H27ClFN3O2. The molecule has 1 aliphatic rings. The van der Waals surface area contributed by atoms with E-state index in [4.69, 9.17) is 16.3 Å². The van der Waals surface area contributed by atoms with Crippen molar-refractivity contribution < 1.29 is 13.9 Å². The second-order valence-corrected chi connectivity index (χ2v) is 8.69. The minimum Gasteiger partial charge on any atom is -0.495 e. The molecule has 5 nitrogen and oxygen atoms in total. The lowest BCUT2D eigenvalue weighted by Crippen LogP contribution is -2.36. The molecule has 1 amide bonds. The highest BCUT2D eigenvalue weighted by Crippen LogP contribution is 2.27. The van der Waals surface area contributed by atoms with Gasteiger partial charge in [-0.05, 0) is 79.6 Å². The maximum atomic E-state index is 13.5. The largest absolute Gasteiger partial charge is 0.495 e. The first-order chi connectivity index (χ1) is 16.0. The van der Waals surface area contributed by atoms with E-state index in [1.165, 1.54) is 6.07 Å². The van der Waals surface area contributed by atoms with Gasteiger partial charge in [0.1, 0.15) is 11.6 Å². The summed E-state index contributed by atoms with van der Waals surface area (Å²) in [4.78, 5) is 17.4. The van der Waals surface area contributed by atoms with Gasteiger partial charge in [0.2, 0.25) is 5.91 Å². The maximum Gasteiger partial charge on any atom is 0.247 e. The number of carbonyl (C=O) groups is 1. The Kier molecular flexibility index (Phi) is 7.14. The number of rotatable bonds is 8. The molecule has 33 heavy (non-hydrogen) atoms. The fourth-order valence-corrected chi connectivity index (χ4v) is 4.36. The number of halogens is 2. The van der Waals surface area contributed by atoms with Crippen molar-refractivity contribution in [3.63, 3.8) is 0 Å². The number of fused-ring (bicyclic) bond motifs is 1. The number of hydrogen-bond donors (Lipinski definition) is 1. The van der Waals surface area contributed by atoms with Gasteiger partial charge in [0, 0.05) is 23.7 Å². The van der Waals surface area contributed by atoms with Crippen molar-refractivity contribution in [2.75, 3.05) is 13.0 Å². The Morgan fingerprint density at radius 2 is 2.09 bits per heavy atom. The summed E-state index contributed by atoms with van der Waals surface area (Å²) in [6.45, 7) is 1.93. The second kappa shape index (κ2) is 10.2. The van der Waals surface area contributed by atoms with E-state index in [0.29, 0.717) is 42.9 Å². The van der Waals surface area contributed by atoms with Crippen molar-refractivity contribution in [2.45, 2.75) is 38.6 Å². The molecule has 0 fully saturated rings. The Balaban J connectivity index is 1.54. The molecule has 2 aromatic carbocycles. The summed E-state index contributed by atoms with van der Waals surface area (Å²) in [6.07, 6.45) is 8.15. The van der Waals surface area contributed by atoms with Crippen molar-refractivity contribution in [1.29, 1.82) is 0 Å². The Morgan fingerprint density at radius 1 is 1.27 bits per heavy atom. The Hall–Kier alpha value is -3.12. The summed E-state index contributed by atoms with van der Waals surface area (Å²) in [5.41, 5.74) is 5.36. The first kappa shape index (κ1) is 23.1. The molecule has 0 aliphatic heterocycles. The van der Waals surface area contributed by atoms with Crippen LogP contribution in [0.2, 0.25) is 0 Å². The molecule has 1 aliphatic carbocycles. The summed E-state index contributed by atoms with van der Waals surface area (Å²) >= 11 is 5.91. The summed E-state index contributed by atoms with van der Waals surface area (Å²) in [7, 11) is 1.62. The lowest BCUT2D eigenvalue weighted by molar-refractivity contribution is -0.118. The van der Waals surface area contributed by atoms with Gasteiger partial charge in [-0.1, -0.05) is 12.1 Å². The number of nitrogens with one attached hydrogen (secondary N) is 1. The zero-order valence-corrected chi connectivity index (χ0v) is 19.5. The molecule has 1 heterocycles. The van der Waals surface area contributed by atoms with E-state index in [1.807, 2.05) is 42.0 Å². The standard InChI is InChI=1S/C26H27ClFN3O2/c1-17-15-31(16-29-17)24-8-5-18(11-25(24)33-2)10-20(4-3-9-27)26(32)30-23-13-19-6-7-22(28)12-21(19)14-23/h5-8,10-12,15-16,23H,3-4,9,13-14H2,1-2H3,(H,30,32). The molecule has 1 unspecified atom stereocenters. The van der Waals surface area contributed by atoms with Crippen molar-refractivity contribution in [2.24, 2.45) is 0 Å². The lowest BCUT2D eigenvalue weighted by atomic mass is 10.0. The Bertz CT molecular complexity index is 1190. The number of hydrogen-bond acceptors (Lipinski definition) is 3. The summed E-state index contributed by atoms with van der Waals surface area (Å²) in [5.74, 6) is 0.797. The van der Waals surface area contributed by atoms with Gasteiger partial charge in [0.25, 0.3) is 0 Å². The van der Waals surface area contributed by atoms with Gasteiger partial charge >= 0.3 is 0 Å². The van der Waals surface area contributed by atoms with Gasteiger partial charge in [-0.15, -0.1) is 11.6 Å². The summed E-state index contributed by atoms with van der Waals surface area (Å²) in [6, 6.07) is 10.6. The quantitative estimate of drug-likeness (QED) is 0.374. The van der Waals surface area contributed by atoms with Crippen LogP contribution in [0.3, 0.4) is 0 Å². The normalized spacial score (nSPS) is 15.4. The van der Waals surface area contributed by atoms with Crippen LogP contribution in [0.4, 0.5) is 4.39 Å². The SMILES string of the molecule is COc1cc(C=C(CCCCl)C(=O)NC2Cc3ccc(F)cc3C2)ccc1-n1cnc(C)c1. The van der Waals surface area contributed by atoms with Gasteiger partial charge in [-0.25, -0.2) is 9.37 Å². The van der Waals surface area contributed by atoms with Crippen LogP contribution < -0.4 is 10.1 Å². The highest BCUT2D eigenvalue weighted by atomic mass is 35.5. The molecule has 4 rings (SSSR count). The van der Waals surface area contributed by atoms with Crippen molar-refractivity contribution in [3.8, 4) is 11.4 Å². The van der Waals surface area contributed by atoms with Crippen LogP contribution in [0.5, 0.6) is 5.75 Å². The number of aryl methyl sites for hydroxylation is 1. The minimum atomic E-state index is -0.244. The molecule has 0 saturated carbocycles. The topological polar surface area (TPSA) is 56.1 Å². The van der Waals surface area contributed by atoms with E-state index in [1.54, 1.807) is 25.6 Å². The van der Waals surface area contributed by atoms with Crippen LogP contribution in [0.15, 0.2) is 54.5 Å². The van der Waals surface area contributed by atoms with Crippen LogP contribution in [-0.2, 0) is 17.6 Å². The monoisotopic (exact) mass is 467 g/mol. The predicted molar refractivity (Wildman–Crippen MR) is 129 cm³/mol. The fraction of sp³-hybridized carbons (Fsp3) is 0.308. The van der Waals surface area contributed by atoms with Crippen LogP contribution >= 0.6 is 11.6 Å². The van der Waals surface area contributed by atoms with Crippen LogP contribution in [0.25, 0.3) is 11.8 Å². The number of alkyl halides is 1. The molecule has 0 radical (unpaired) electrons. The third-order valence-electron chi connectivity index (χ3n) is 5.84. The van der Waals surface area contributed by atoms with Gasteiger partial charge in [0.05, 0.1) is 24.8 Å². The first-order valence-corrected chi connectivity index (χ1v) is 11.5. The number of benzene rings is 2. The van der Waals surface area contributed by atoms with Gasteiger partial charge in [-0.3, -0.25) is 4.79 Å². The Morgan fingerprint density at radius 3 is 2.82 bits per heavy atom. The molecule has 1 N–H and O–H groups in total. The zero-order valence-electron chi connectivity index (χ0n) is 18.8. The lowest BCUT2D eigenvalue weighted by Gasteiger charge is -2.15. The van der Waals surface area contributed by atoms with E-state index in [2.05, 4.69) is 10.3 Å². The number of nitrogens with zero attached hydrogens (tertiary/aromatic N) is 2. The summed E-state index contributed by atoms with van der Waals surface area (Å²) < 4.78 is 21.0. The molecule has 0 saturated heterocycles. The number of carbonyl (C=O) groups excluding carboxylic acids is 1. The predicted octanol–water partition coefficient (Wildman–Crippen LogP) is 5.01. The van der Waals surface area contributed by atoms with Crippen molar-refractivity contribution in [1.82, 2.24) is 14.9 Å². The molecule has 1 atom stereocenters. The molecule has 172 valence electrons. The van der Waals surface area contributed by atoms with E-state index >= 15 is 0 Å². The number of methoxy groups -OCH3 is 1. The average molecular weight is 468 g/mol. The smallest absolute Gasteiger partial charge is 0.247 e. The number of aromatic nitrogens is 2. The minimum absolute atomic E-state index is 0.0462. The maximum absolute atomic E-state index is 13.5. The molecule has 1 aromatic heterocycles.